The van der Waals surface area contributed by atoms with Gasteiger partial charge in [-0.2, -0.15) is 0 Å². The Morgan fingerprint density at radius 1 is 0.308 bits per heavy atom. The van der Waals surface area contributed by atoms with E-state index in [1.54, 1.807) is 0 Å². The van der Waals surface area contributed by atoms with E-state index in [1.165, 1.54) is 54.7 Å². The van der Waals surface area contributed by atoms with Gasteiger partial charge in [0.25, 0.3) is 0 Å². The third-order valence-corrected chi connectivity index (χ3v) is 13.2. The fourth-order valence-electron chi connectivity index (χ4n) is 10.1. The van der Waals surface area contributed by atoms with Crippen LogP contribution in [0.3, 0.4) is 0 Å². The maximum atomic E-state index is 6.57. The van der Waals surface area contributed by atoms with Gasteiger partial charge in [0.2, 0.25) is 0 Å². The van der Waals surface area contributed by atoms with Gasteiger partial charge in [-0.3, -0.25) is 0 Å². The molecule has 0 radical (unpaired) electrons. The summed E-state index contributed by atoms with van der Waals surface area (Å²) in [4.78, 5) is 2.37. The second-order valence-electron chi connectivity index (χ2n) is 16.9. The van der Waals surface area contributed by atoms with Crippen molar-refractivity contribution in [2.24, 2.45) is 0 Å². The van der Waals surface area contributed by atoms with Crippen molar-refractivity contribution < 1.29 is 4.42 Å². The average molecular weight is 829 g/mol. The zero-order valence-electron chi connectivity index (χ0n) is 35.4. The van der Waals surface area contributed by atoms with Crippen LogP contribution in [0.4, 0.5) is 17.1 Å². The third-order valence-electron chi connectivity index (χ3n) is 13.2. The largest absolute Gasteiger partial charge is 0.455 e. The zero-order valence-corrected chi connectivity index (χ0v) is 35.4. The summed E-state index contributed by atoms with van der Waals surface area (Å²) in [6.07, 6.45) is 0. The summed E-state index contributed by atoms with van der Waals surface area (Å²) in [5, 5.41) is 9.58. The smallest absolute Gasteiger partial charge is 0.143 e. The number of anilines is 3. The molecule has 65 heavy (non-hydrogen) atoms. The molecule has 2 heterocycles. The van der Waals surface area contributed by atoms with Gasteiger partial charge in [0, 0.05) is 49.7 Å². The first-order chi connectivity index (χ1) is 32.2. The first-order valence-electron chi connectivity index (χ1n) is 22.2. The van der Waals surface area contributed by atoms with E-state index < -0.39 is 0 Å². The standard InChI is InChI=1S/C62H40N2O/c1-3-19-52-43(12-1)14-11-23-53(52)47-16-10-17-50(39-47)63(49-34-28-42(29-35-49)46-31-36-57-58-37-30-44-13-2-4-20-54(44)62(58)65-61(57)40-46)48-32-26-41(27-33-48)45-15-9-18-51(38-45)64-59-24-7-5-21-55(59)56-22-6-8-25-60(56)64/h1-40H. The maximum Gasteiger partial charge on any atom is 0.143 e. The molecule has 3 nitrogen and oxygen atoms in total. The fraction of sp³-hybridized carbons (Fsp3) is 0. The van der Waals surface area contributed by atoms with Crippen LogP contribution in [-0.4, -0.2) is 4.57 Å². The second-order valence-corrected chi connectivity index (χ2v) is 16.9. The number of benzene rings is 11. The molecule has 0 saturated carbocycles. The maximum absolute atomic E-state index is 6.57. The van der Waals surface area contributed by atoms with Crippen LogP contribution in [0.25, 0.3) is 104 Å². The Labute approximate surface area is 376 Å². The lowest BCUT2D eigenvalue weighted by Gasteiger charge is -2.26. The van der Waals surface area contributed by atoms with Gasteiger partial charge in [0.05, 0.1) is 11.0 Å². The second kappa shape index (κ2) is 15.0. The van der Waals surface area contributed by atoms with Gasteiger partial charge < -0.3 is 13.9 Å². The topological polar surface area (TPSA) is 21.3 Å². The van der Waals surface area contributed by atoms with Crippen molar-refractivity contribution in [3.05, 3.63) is 243 Å². The summed E-state index contributed by atoms with van der Waals surface area (Å²) < 4.78 is 8.95. The van der Waals surface area contributed by atoms with Crippen molar-refractivity contribution in [1.82, 2.24) is 4.57 Å². The highest BCUT2D eigenvalue weighted by Crippen LogP contribution is 2.41. The predicted molar refractivity (Wildman–Crippen MR) is 274 cm³/mol. The predicted octanol–water partition coefficient (Wildman–Crippen LogP) is 17.5. The quantitative estimate of drug-likeness (QED) is 0.160. The number of para-hydroxylation sites is 2. The number of hydrogen-bond donors (Lipinski definition) is 0. The summed E-state index contributed by atoms with van der Waals surface area (Å²) in [6.45, 7) is 0. The molecule has 2 aromatic heterocycles. The number of furan rings is 1. The zero-order chi connectivity index (χ0) is 42.8. The van der Waals surface area contributed by atoms with Crippen LogP contribution in [0, 0.1) is 0 Å². The van der Waals surface area contributed by atoms with Crippen molar-refractivity contribution in [1.29, 1.82) is 0 Å². The van der Waals surface area contributed by atoms with Crippen LogP contribution in [0.1, 0.15) is 0 Å². The Morgan fingerprint density at radius 3 is 1.57 bits per heavy atom. The Hall–Kier alpha value is -8.66. The first-order valence-corrected chi connectivity index (χ1v) is 22.2. The average Bonchev–Trinajstić information content (AvgIpc) is 3.93. The minimum Gasteiger partial charge on any atom is -0.455 e. The number of hydrogen-bond acceptors (Lipinski definition) is 2. The lowest BCUT2D eigenvalue weighted by molar-refractivity contribution is 0.673. The van der Waals surface area contributed by atoms with Crippen molar-refractivity contribution in [3.8, 4) is 39.1 Å². The van der Waals surface area contributed by atoms with Gasteiger partial charge in [-0.25, -0.2) is 0 Å². The Kier molecular flexibility index (Phi) is 8.53. The van der Waals surface area contributed by atoms with E-state index in [0.717, 1.165) is 66.8 Å². The van der Waals surface area contributed by atoms with Gasteiger partial charge >= 0.3 is 0 Å². The van der Waals surface area contributed by atoms with Gasteiger partial charge in [0.1, 0.15) is 11.2 Å². The fourth-order valence-corrected chi connectivity index (χ4v) is 10.1. The summed E-state index contributed by atoms with van der Waals surface area (Å²) in [5.41, 5.74) is 15.6. The van der Waals surface area contributed by atoms with Gasteiger partial charge in [0.15, 0.2) is 0 Å². The lowest BCUT2D eigenvalue weighted by atomic mass is 9.97. The van der Waals surface area contributed by atoms with Crippen molar-refractivity contribution in [3.63, 3.8) is 0 Å². The molecular weight excluding hydrogens is 789 g/mol. The molecule has 304 valence electrons. The molecule has 0 aliphatic rings. The molecule has 13 rings (SSSR count). The summed E-state index contributed by atoms with van der Waals surface area (Å²) in [6, 6.07) is 87.7. The highest BCUT2D eigenvalue weighted by Gasteiger charge is 2.17. The van der Waals surface area contributed by atoms with E-state index in [-0.39, 0.29) is 0 Å². The molecule has 0 N–H and O–H groups in total. The minimum absolute atomic E-state index is 0.894. The summed E-state index contributed by atoms with van der Waals surface area (Å²) in [5.74, 6) is 0. The molecule has 0 unspecified atom stereocenters. The molecule has 0 bridgehead atoms. The molecule has 11 aromatic carbocycles. The third kappa shape index (κ3) is 6.20. The van der Waals surface area contributed by atoms with E-state index in [2.05, 4.69) is 252 Å². The molecule has 0 atom stereocenters. The summed E-state index contributed by atoms with van der Waals surface area (Å²) >= 11 is 0. The molecule has 3 heteroatoms. The van der Waals surface area contributed by atoms with Crippen LogP contribution in [-0.2, 0) is 0 Å². The molecule has 0 aliphatic heterocycles. The van der Waals surface area contributed by atoms with E-state index >= 15 is 0 Å². The Balaban J connectivity index is 0.892. The molecule has 0 fully saturated rings. The molecule has 0 amide bonds. The Bertz CT molecular complexity index is 3890. The molecule has 0 spiro atoms. The normalized spacial score (nSPS) is 11.7. The van der Waals surface area contributed by atoms with Crippen molar-refractivity contribution in [2.75, 3.05) is 4.90 Å². The lowest BCUT2D eigenvalue weighted by Crippen LogP contribution is -2.10. The van der Waals surface area contributed by atoms with E-state index in [4.69, 9.17) is 4.42 Å². The number of rotatable bonds is 7. The highest BCUT2D eigenvalue weighted by atomic mass is 16.3. The van der Waals surface area contributed by atoms with Gasteiger partial charge in [-0.1, -0.05) is 164 Å². The van der Waals surface area contributed by atoms with E-state index in [0.29, 0.717) is 0 Å². The minimum atomic E-state index is 0.894. The molecular formula is C62H40N2O. The molecule has 0 saturated heterocycles. The monoisotopic (exact) mass is 828 g/mol. The number of nitrogens with zero attached hydrogens (tertiary/aromatic N) is 2. The number of aromatic nitrogens is 1. The van der Waals surface area contributed by atoms with Crippen molar-refractivity contribution in [2.45, 2.75) is 0 Å². The van der Waals surface area contributed by atoms with Crippen LogP contribution in [0.15, 0.2) is 247 Å². The first kappa shape index (κ1) is 36.9. The van der Waals surface area contributed by atoms with Gasteiger partial charge in [-0.05, 0) is 128 Å². The van der Waals surface area contributed by atoms with Crippen LogP contribution in [0.5, 0.6) is 0 Å². The Morgan fingerprint density at radius 2 is 0.846 bits per heavy atom. The number of fused-ring (bicyclic) bond motifs is 9. The molecule has 13 aromatic rings. The summed E-state index contributed by atoms with van der Waals surface area (Å²) in [7, 11) is 0. The van der Waals surface area contributed by atoms with Crippen LogP contribution in [0.2, 0.25) is 0 Å². The highest BCUT2D eigenvalue weighted by molar-refractivity contribution is 6.15. The van der Waals surface area contributed by atoms with Crippen LogP contribution >= 0.6 is 0 Å². The van der Waals surface area contributed by atoms with Gasteiger partial charge in [-0.15, -0.1) is 0 Å². The molecule has 0 aliphatic carbocycles. The van der Waals surface area contributed by atoms with Crippen LogP contribution < -0.4 is 4.90 Å². The van der Waals surface area contributed by atoms with E-state index in [9.17, 15) is 0 Å². The van der Waals surface area contributed by atoms with E-state index in [1.807, 2.05) is 0 Å². The van der Waals surface area contributed by atoms with Crippen molar-refractivity contribution >= 4 is 82.4 Å². The SMILES string of the molecule is c1cc(-c2cccc3ccccc23)cc(N(c2ccc(-c3cccc(-n4c5ccccc5c5ccccc54)c3)cc2)c2ccc(-c3ccc4c(c3)oc3c5ccccc5ccc43)cc2)c1.